The summed E-state index contributed by atoms with van der Waals surface area (Å²) < 4.78 is 5.57. The Labute approximate surface area is 148 Å². The van der Waals surface area contributed by atoms with Gasteiger partial charge in [0.25, 0.3) is 0 Å². The summed E-state index contributed by atoms with van der Waals surface area (Å²) in [7, 11) is 0. The van der Waals surface area contributed by atoms with Gasteiger partial charge in [-0.1, -0.05) is 49.1 Å². The lowest BCUT2D eigenvalue weighted by Crippen LogP contribution is -2.17. The number of unbranched alkanes of at least 4 members (excludes halogenated alkanes) is 2. The van der Waals surface area contributed by atoms with Crippen LogP contribution in [0.5, 0.6) is 11.5 Å². The molecule has 23 heavy (non-hydrogen) atoms. The third kappa shape index (κ3) is 7.32. The van der Waals surface area contributed by atoms with Crippen molar-refractivity contribution in [3.8, 4) is 11.5 Å². The average Bonchev–Trinajstić information content (AvgIpc) is 2.42. The minimum Gasteiger partial charge on any atom is -0.508 e. The Morgan fingerprint density at radius 3 is 2.22 bits per heavy atom. The van der Waals surface area contributed by atoms with Crippen LogP contribution in [-0.4, -0.2) is 24.0 Å². The molecule has 0 amide bonds. The molecule has 1 rings (SSSR count). The Bertz CT molecular complexity index is 516. The molecule has 0 aliphatic carbocycles. The van der Waals surface area contributed by atoms with Crippen LogP contribution in [0.15, 0.2) is 17.3 Å². The van der Waals surface area contributed by atoms with Crippen molar-refractivity contribution in [1.82, 2.24) is 0 Å². The Kier molecular flexibility index (Phi) is 8.00. The molecule has 0 unspecified atom stereocenters. The highest BCUT2D eigenvalue weighted by Gasteiger charge is 2.14. The molecule has 0 radical (unpaired) electrons. The van der Waals surface area contributed by atoms with Crippen molar-refractivity contribution in [1.29, 1.82) is 0 Å². The molecule has 0 spiro atoms. The van der Waals surface area contributed by atoms with Gasteiger partial charge in [0, 0.05) is 17.5 Å². The first-order valence-electron chi connectivity index (χ1n) is 7.69. The summed E-state index contributed by atoms with van der Waals surface area (Å²) >= 11 is 12.0. The van der Waals surface area contributed by atoms with E-state index in [1.54, 1.807) is 0 Å². The molecular formula is C17H25Cl2NO3. The van der Waals surface area contributed by atoms with E-state index in [-0.39, 0.29) is 11.2 Å². The molecular weight excluding hydrogens is 337 g/mol. The zero-order chi connectivity index (χ0) is 17.5. The molecule has 6 heteroatoms. The number of benzene rings is 1. The van der Waals surface area contributed by atoms with Gasteiger partial charge in [-0.15, -0.1) is 0 Å². The highest BCUT2D eigenvalue weighted by atomic mass is 35.5. The van der Waals surface area contributed by atoms with Crippen molar-refractivity contribution in [3.63, 3.8) is 0 Å². The maximum atomic E-state index is 9.35. The minimum absolute atomic E-state index is 0.0237. The number of aromatic hydroxyl groups is 1. The first kappa shape index (κ1) is 19.9. The van der Waals surface area contributed by atoms with Gasteiger partial charge in [0.15, 0.2) is 5.75 Å². The number of halogens is 2. The largest absolute Gasteiger partial charge is 0.508 e. The molecule has 0 aliphatic rings. The van der Waals surface area contributed by atoms with E-state index >= 15 is 0 Å². The maximum absolute atomic E-state index is 9.35. The Morgan fingerprint density at radius 2 is 1.65 bits per heavy atom. The first-order chi connectivity index (χ1) is 10.7. The Morgan fingerprint density at radius 1 is 1.09 bits per heavy atom. The van der Waals surface area contributed by atoms with Crippen LogP contribution < -0.4 is 4.74 Å². The van der Waals surface area contributed by atoms with Gasteiger partial charge in [-0.25, -0.2) is 0 Å². The van der Waals surface area contributed by atoms with Gasteiger partial charge in [-0.05, 0) is 26.2 Å². The zero-order valence-corrected chi connectivity index (χ0v) is 15.7. The predicted molar refractivity (Wildman–Crippen MR) is 96.0 cm³/mol. The third-order valence-electron chi connectivity index (χ3n) is 3.40. The molecule has 1 aromatic rings. The van der Waals surface area contributed by atoms with Crippen LogP contribution in [0.25, 0.3) is 0 Å². The third-order valence-corrected chi connectivity index (χ3v) is 3.96. The number of nitrogens with zero attached hydrogens (tertiary/aromatic N) is 1. The number of rotatable bonds is 8. The second-order valence-electron chi connectivity index (χ2n) is 6.41. The SMILES string of the molecule is C/C(=N\OCCCCCOc1c(Cl)cc(O)cc1Cl)C(C)(C)C. The molecule has 0 fully saturated rings. The van der Waals surface area contributed by atoms with Crippen molar-refractivity contribution in [2.24, 2.45) is 10.6 Å². The van der Waals surface area contributed by atoms with E-state index in [9.17, 15) is 5.11 Å². The molecule has 0 atom stereocenters. The average molecular weight is 362 g/mol. The fourth-order valence-electron chi connectivity index (χ4n) is 1.58. The van der Waals surface area contributed by atoms with E-state index in [2.05, 4.69) is 25.9 Å². The van der Waals surface area contributed by atoms with Crippen LogP contribution in [0.2, 0.25) is 10.0 Å². The molecule has 0 aliphatic heterocycles. The number of hydrogen-bond donors (Lipinski definition) is 1. The van der Waals surface area contributed by atoms with E-state index in [1.165, 1.54) is 12.1 Å². The van der Waals surface area contributed by atoms with E-state index in [1.807, 2.05) is 6.92 Å². The van der Waals surface area contributed by atoms with Crippen LogP contribution in [-0.2, 0) is 4.84 Å². The van der Waals surface area contributed by atoms with Gasteiger partial charge >= 0.3 is 0 Å². The monoisotopic (exact) mass is 361 g/mol. The van der Waals surface area contributed by atoms with Gasteiger partial charge in [0.1, 0.15) is 12.4 Å². The summed E-state index contributed by atoms with van der Waals surface area (Å²) in [4.78, 5) is 5.32. The summed E-state index contributed by atoms with van der Waals surface area (Å²) in [5.74, 6) is 0.434. The van der Waals surface area contributed by atoms with Crippen molar-refractivity contribution >= 4 is 28.9 Å². The number of phenols is 1. The van der Waals surface area contributed by atoms with E-state index in [0.29, 0.717) is 29.0 Å². The Balaban J connectivity index is 2.20. The smallest absolute Gasteiger partial charge is 0.156 e. The standard InChI is InChI=1S/C17H25Cl2NO3/c1-12(17(2,3)4)20-23-9-7-5-6-8-22-16-14(18)10-13(21)11-15(16)19/h10-11,21H,5-9H2,1-4H3/b20-12+. The van der Waals surface area contributed by atoms with Crippen molar-refractivity contribution < 1.29 is 14.7 Å². The molecule has 130 valence electrons. The molecule has 1 aromatic carbocycles. The topological polar surface area (TPSA) is 51.0 Å². The number of hydrogen-bond acceptors (Lipinski definition) is 4. The molecule has 1 N–H and O–H groups in total. The lowest BCUT2D eigenvalue weighted by molar-refractivity contribution is 0.135. The summed E-state index contributed by atoms with van der Waals surface area (Å²) in [5, 5.41) is 14.1. The lowest BCUT2D eigenvalue weighted by atomic mass is 9.91. The first-order valence-corrected chi connectivity index (χ1v) is 8.45. The minimum atomic E-state index is 0.0237. The molecule has 0 aromatic heterocycles. The number of ether oxygens (including phenoxy) is 1. The summed E-state index contributed by atoms with van der Waals surface area (Å²) in [6, 6.07) is 2.82. The van der Waals surface area contributed by atoms with E-state index in [0.717, 1.165) is 25.0 Å². The number of oxime groups is 1. The highest BCUT2D eigenvalue weighted by molar-refractivity contribution is 6.37. The quantitative estimate of drug-likeness (QED) is 0.367. The van der Waals surface area contributed by atoms with Gasteiger partial charge < -0.3 is 14.7 Å². The second kappa shape index (κ2) is 9.24. The Hall–Kier alpha value is -1.13. The van der Waals surface area contributed by atoms with Crippen LogP contribution >= 0.6 is 23.2 Å². The molecule has 0 saturated heterocycles. The highest BCUT2D eigenvalue weighted by Crippen LogP contribution is 2.36. The van der Waals surface area contributed by atoms with Crippen molar-refractivity contribution in [2.75, 3.05) is 13.2 Å². The normalized spacial score (nSPS) is 12.3. The van der Waals surface area contributed by atoms with Crippen LogP contribution in [0.3, 0.4) is 0 Å². The van der Waals surface area contributed by atoms with E-state index < -0.39 is 0 Å². The van der Waals surface area contributed by atoms with Crippen molar-refractivity contribution in [3.05, 3.63) is 22.2 Å². The van der Waals surface area contributed by atoms with Gasteiger partial charge in [-0.2, -0.15) is 0 Å². The summed E-state index contributed by atoms with van der Waals surface area (Å²) in [6.07, 6.45) is 2.72. The van der Waals surface area contributed by atoms with E-state index in [4.69, 9.17) is 32.8 Å². The van der Waals surface area contributed by atoms with Gasteiger partial charge in [0.2, 0.25) is 0 Å². The van der Waals surface area contributed by atoms with Gasteiger partial charge in [-0.3, -0.25) is 0 Å². The molecule has 0 heterocycles. The zero-order valence-electron chi connectivity index (χ0n) is 14.2. The fourth-order valence-corrected chi connectivity index (χ4v) is 2.17. The fraction of sp³-hybridized carbons (Fsp3) is 0.588. The molecule has 4 nitrogen and oxygen atoms in total. The molecule has 0 bridgehead atoms. The van der Waals surface area contributed by atoms with Crippen LogP contribution in [0.4, 0.5) is 0 Å². The molecule has 0 saturated carbocycles. The lowest BCUT2D eigenvalue weighted by Gasteiger charge is -2.16. The predicted octanol–water partition coefficient (Wildman–Crippen LogP) is 5.69. The maximum Gasteiger partial charge on any atom is 0.156 e. The second-order valence-corrected chi connectivity index (χ2v) is 7.22. The van der Waals surface area contributed by atoms with Crippen molar-refractivity contribution in [2.45, 2.75) is 47.0 Å². The number of phenolic OH excluding ortho intramolecular Hbond substituents is 1. The summed E-state index contributed by atoms with van der Waals surface area (Å²) in [6.45, 7) is 9.38. The van der Waals surface area contributed by atoms with Crippen LogP contribution in [0, 0.1) is 5.41 Å². The van der Waals surface area contributed by atoms with Gasteiger partial charge in [0.05, 0.1) is 22.4 Å². The van der Waals surface area contributed by atoms with Crippen LogP contribution in [0.1, 0.15) is 47.0 Å². The summed E-state index contributed by atoms with van der Waals surface area (Å²) in [5.41, 5.74) is 1.02.